The lowest BCUT2D eigenvalue weighted by atomic mass is 10.1. The van der Waals surface area contributed by atoms with Crippen molar-refractivity contribution in [1.29, 1.82) is 0 Å². The van der Waals surface area contributed by atoms with Gasteiger partial charge in [-0.2, -0.15) is 0 Å². The third-order valence-corrected chi connectivity index (χ3v) is 2.69. The number of nitrogens with one attached hydrogen (secondary N) is 1. The zero-order valence-electron chi connectivity index (χ0n) is 9.44. The second-order valence-electron chi connectivity index (χ2n) is 3.87. The summed E-state index contributed by atoms with van der Waals surface area (Å²) in [7, 11) is 0. The van der Waals surface area contributed by atoms with E-state index in [1.54, 1.807) is 6.92 Å². The van der Waals surface area contributed by atoms with E-state index in [1.165, 1.54) is 0 Å². The predicted molar refractivity (Wildman–Crippen MR) is 67.7 cm³/mol. The third kappa shape index (κ3) is 5.49. The Bertz CT molecular complexity index is 403. The molecule has 1 amide bonds. The minimum absolute atomic E-state index is 0.0634. The fourth-order valence-corrected chi connectivity index (χ4v) is 1.69. The van der Waals surface area contributed by atoms with Gasteiger partial charge in [0.15, 0.2) is 0 Å². The van der Waals surface area contributed by atoms with Gasteiger partial charge < -0.3 is 10.4 Å². The molecule has 92 valence electrons. The van der Waals surface area contributed by atoms with E-state index < -0.39 is 5.97 Å². The minimum Gasteiger partial charge on any atom is -0.481 e. The van der Waals surface area contributed by atoms with Crippen LogP contribution in [0.2, 0.25) is 0 Å². The van der Waals surface area contributed by atoms with Crippen LogP contribution in [-0.2, 0) is 16.0 Å². The van der Waals surface area contributed by atoms with Gasteiger partial charge >= 0.3 is 5.97 Å². The molecule has 1 atom stereocenters. The van der Waals surface area contributed by atoms with Crippen molar-refractivity contribution in [2.75, 3.05) is 0 Å². The number of carbonyl (C=O) groups excluding carboxylic acids is 1. The Morgan fingerprint density at radius 2 is 1.94 bits per heavy atom. The Balaban J connectivity index is 2.44. The molecule has 4 nitrogen and oxygen atoms in total. The van der Waals surface area contributed by atoms with Crippen LogP contribution in [0.15, 0.2) is 28.7 Å². The summed E-state index contributed by atoms with van der Waals surface area (Å²) in [6.45, 7) is 1.67. The zero-order valence-corrected chi connectivity index (χ0v) is 11.0. The maximum absolute atomic E-state index is 11.6. The monoisotopic (exact) mass is 299 g/mol. The molecule has 0 spiro atoms. The summed E-state index contributed by atoms with van der Waals surface area (Å²) in [5, 5.41) is 11.2. The molecule has 0 saturated carbocycles. The number of hydrogen-bond donors (Lipinski definition) is 2. The molecule has 0 aliphatic heterocycles. The van der Waals surface area contributed by atoms with Crippen LogP contribution in [0.3, 0.4) is 0 Å². The highest BCUT2D eigenvalue weighted by molar-refractivity contribution is 9.10. The molecular formula is C12H14BrNO3. The van der Waals surface area contributed by atoms with Crippen LogP contribution in [0.4, 0.5) is 0 Å². The molecule has 0 unspecified atom stereocenters. The summed E-state index contributed by atoms with van der Waals surface area (Å²) in [5.41, 5.74) is 0.897. The number of hydrogen-bond acceptors (Lipinski definition) is 2. The Hall–Kier alpha value is -1.36. The summed E-state index contributed by atoms with van der Waals surface area (Å²) < 4.78 is 0.959. The van der Waals surface area contributed by atoms with Gasteiger partial charge in [0.05, 0.1) is 12.8 Å². The smallest absolute Gasteiger partial charge is 0.305 e. The molecule has 5 heteroatoms. The van der Waals surface area contributed by atoms with Gasteiger partial charge in [0.2, 0.25) is 5.91 Å². The van der Waals surface area contributed by atoms with Gasteiger partial charge in [0.1, 0.15) is 0 Å². The first-order valence-corrected chi connectivity index (χ1v) is 6.02. The number of rotatable bonds is 5. The summed E-state index contributed by atoms with van der Waals surface area (Å²) >= 11 is 3.31. The molecule has 17 heavy (non-hydrogen) atoms. The predicted octanol–water partition coefficient (Wildman–Crippen LogP) is 1.97. The van der Waals surface area contributed by atoms with Crippen LogP contribution in [0.5, 0.6) is 0 Å². The van der Waals surface area contributed by atoms with E-state index in [4.69, 9.17) is 5.11 Å². The maximum Gasteiger partial charge on any atom is 0.305 e. The quantitative estimate of drug-likeness (QED) is 0.873. The Kier molecular flexibility index (Phi) is 5.15. The van der Waals surface area contributed by atoms with E-state index in [0.29, 0.717) is 0 Å². The Labute approximate surface area is 108 Å². The fraction of sp³-hybridized carbons (Fsp3) is 0.333. The summed E-state index contributed by atoms with van der Waals surface area (Å²) in [6, 6.07) is 7.08. The van der Waals surface area contributed by atoms with Gasteiger partial charge in [-0.05, 0) is 24.6 Å². The van der Waals surface area contributed by atoms with E-state index in [9.17, 15) is 9.59 Å². The van der Waals surface area contributed by atoms with Gasteiger partial charge in [-0.25, -0.2) is 0 Å². The standard InChI is InChI=1S/C12H14BrNO3/c1-8(6-12(16)17)14-11(15)7-9-2-4-10(13)5-3-9/h2-5,8H,6-7H2,1H3,(H,14,15)(H,16,17)/t8-/m0/s1. The normalized spacial score (nSPS) is 11.9. The van der Waals surface area contributed by atoms with Crippen molar-refractivity contribution >= 4 is 27.8 Å². The molecule has 0 saturated heterocycles. The SMILES string of the molecule is C[C@@H](CC(=O)O)NC(=O)Cc1ccc(Br)cc1. The molecule has 0 aromatic heterocycles. The molecule has 0 fully saturated rings. The average molecular weight is 300 g/mol. The highest BCUT2D eigenvalue weighted by atomic mass is 79.9. The lowest BCUT2D eigenvalue weighted by Crippen LogP contribution is -2.35. The van der Waals surface area contributed by atoms with Crippen LogP contribution in [0.1, 0.15) is 18.9 Å². The molecule has 0 radical (unpaired) electrons. The second-order valence-corrected chi connectivity index (χ2v) is 4.79. The van der Waals surface area contributed by atoms with E-state index in [2.05, 4.69) is 21.2 Å². The molecule has 0 bridgehead atoms. The van der Waals surface area contributed by atoms with E-state index >= 15 is 0 Å². The van der Waals surface area contributed by atoms with Crippen molar-refractivity contribution in [3.63, 3.8) is 0 Å². The van der Waals surface area contributed by atoms with Crippen LogP contribution >= 0.6 is 15.9 Å². The van der Waals surface area contributed by atoms with Crippen molar-refractivity contribution in [2.45, 2.75) is 25.8 Å². The van der Waals surface area contributed by atoms with Gasteiger partial charge in [-0.1, -0.05) is 28.1 Å². The summed E-state index contributed by atoms with van der Waals surface area (Å²) in [5.74, 6) is -1.08. The number of carbonyl (C=O) groups is 2. The number of halogens is 1. The van der Waals surface area contributed by atoms with Gasteiger partial charge in [-0.15, -0.1) is 0 Å². The first kappa shape index (κ1) is 13.7. The first-order chi connectivity index (χ1) is 7.97. The maximum atomic E-state index is 11.6. The molecule has 0 aliphatic carbocycles. The highest BCUT2D eigenvalue weighted by Crippen LogP contribution is 2.10. The summed E-state index contributed by atoms with van der Waals surface area (Å²) in [6.07, 6.45) is 0.198. The molecule has 2 N–H and O–H groups in total. The Morgan fingerprint density at radius 3 is 2.47 bits per heavy atom. The topological polar surface area (TPSA) is 66.4 Å². The number of amides is 1. The lowest BCUT2D eigenvalue weighted by molar-refractivity contribution is -0.137. The van der Waals surface area contributed by atoms with Gasteiger partial charge in [0, 0.05) is 10.5 Å². The van der Waals surface area contributed by atoms with Crippen molar-refractivity contribution < 1.29 is 14.7 Å². The Morgan fingerprint density at radius 1 is 1.35 bits per heavy atom. The van der Waals surface area contributed by atoms with Crippen LogP contribution in [0, 0.1) is 0 Å². The number of benzene rings is 1. The van der Waals surface area contributed by atoms with E-state index in [-0.39, 0.29) is 24.8 Å². The van der Waals surface area contributed by atoms with Crippen molar-refractivity contribution in [2.24, 2.45) is 0 Å². The number of carboxylic acid groups (broad SMARTS) is 1. The highest BCUT2D eigenvalue weighted by Gasteiger charge is 2.11. The number of aliphatic carboxylic acids is 1. The third-order valence-electron chi connectivity index (χ3n) is 2.17. The lowest BCUT2D eigenvalue weighted by Gasteiger charge is -2.11. The van der Waals surface area contributed by atoms with Gasteiger partial charge in [-0.3, -0.25) is 9.59 Å². The van der Waals surface area contributed by atoms with E-state index in [0.717, 1.165) is 10.0 Å². The first-order valence-electron chi connectivity index (χ1n) is 5.23. The molecule has 1 aromatic rings. The summed E-state index contributed by atoms with van der Waals surface area (Å²) in [4.78, 5) is 22.0. The van der Waals surface area contributed by atoms with Crippen molar-refractivity contribution in [1.82, 2.24) is 5.32 Å². The van der Waals surface area contributed by atoms with Crippen molar-refractivity contribution in [3.8, 4) is 0 Å². The molecular weight excluding hydrogens is 286 g/mol. The van der Waals surface area contributed by atoms with Crippen LogP contribution < -0.4 is 5.32 Å². The molecule has 1 aromatic carbocycles. The van der Waals surface area contributed by atoms with Crippen LogP contribution in [0.25, 0.3) is 0 Å². The molecule has 1 rings (SSSR count). The van der Waals surface area contributed by atoms with Crippen molar-refractivity contribution in [3.05, 3.63) is 34.3 Å². The number of carboxylic acids is 1. The zero-order chi connectivity index (χ0) is 12.8. The van der Waals surface area contributed by atoms with Gasteiger partial charge in [0.25, 0.3) is 0 Å². The van der Waals surface area contributed by atoms with E-state index in [1.807, 2.05) is 24.3 Å². The largest absolute Gasteiger partial charge is 0.481 e. The average Bonchev–Trinajstić information content (AvgIpc) is 2.19. The second kappa shape index (κ2) is 6.39. The molecule has 0 heterocycles. The van der Waals surface area contributed by atoms with Crippen LogP contribution in [-0.4, -0.2) is 23.0 Å². The minimum atomic E-state index is -0.915. The fourth-order valence-electron chi connectivity index (χ4n) is 1.43. The molecule has 0 aliphatic rings.